The van der Waals surface area contributed by atoms with Crippen LogP contribution in [0.2, 0.25) is 0 Å². The molecule has 0 radical (unpaired) electrons. The second-order valence-electron chi connectivity index (χ2n) is 8.56. The van der Waals surface area contributed by atoms with Crippen molar-refractivity contribution in [2.24, 2.45) is 0 Å². The number of benzene rings is 1. The third-order valence-electron chi connectivity index (χ3n) is 6.42. The molecule has 7 heteroatoms. The van der Waals surface area contributed by atoms with Crippen LogP contribution in [0.4, 0.5) is 0 Å². The van der Waals surface area contributed by atoms with E-state index in [0.717, 1.165) is 68.4 Å². The van der Waals surface area contributed by atoms with Gasteiger partial charge in [0.25, 0.3) is 0 Å². The molecule has 0 unspecified atom stereocenters. The lowest BCUT2D eigenvalue weighted by Gasteiger charge is -2.30. The smallest absolute Gasteiger partial charge is 0.243 e. The van der Waals surface area contributed by atoms with Crippen LogP contribution in [0.3, 0.4) is 0 Å². The number of ether oxygens (including phenoxy) is 2. The Morgan fingerprint density at radius 1 is 1.09 bits per heavy atom. The van der Waals surface area contributed by atoms with E-state index >= 15 is 0 Å². The summed E-state index contributed by atoms with van der Waals surface area (Å²) in [6, 6.07) is 10.6. The quantitative estimate of drug-likeness (QED) is 0.551. The average molecular weight is 433 g/mol. The largest absolute Gasteiger partial charge is 0.470 e. The molecule has 0 aliphatic carbocycles. The molecular weight excluding hydrogens is 404 g/mol. The van der Waals surface area contributed by atoms with Gasteiger partial charge >= 0.3 is 0 Å². The molecule has 2 aliphatic heterocycles. The van der Waals surface area contributed by atoms with Crippen LogP contribution in [0.5, 0.6) is 5.88 Å². The predicted octanol–water partition coefficient (Wildman–Crippen LogP) is 3.63. The summed E-state index contributed by atoms with van der Waals surface area (Å²) < 4.78 is 11.8. The van der Waals surface area contributed by atoms with E-state index in [1.807, 2.05) is 6.07 Å². The topological polar surface area (TPSA) is 77.4 Å². The van der Waals surface area contributed by atoms with Gasteiger partial charge in [-0.05, 0) is 56.3 Å². The minimum absolute atomic E-state index is 0.0100. The van der Waals surface area contributed by atoms with Gasteiger partial charge in [-0.1, -0.05) is 24.3 Å². The van der Waals surface area contributed by atoms with Gasteiger partial charge in [-0.3, -0.25) is 9.88 Å². The Morgan fingerprint density at radius 2 is 1.91 bits per heavy atom. The van der Waals surface area contributed by atoms with Crippen molar-refractivity contribution in [3.05, 3.63) is 48.3 Å². The molecule has 0 N–H and O–H groups in total. The molecule has 3 aromatic rings. The summed E-state index contributed by atoms with van der Waals surface area (Å²) in [5.74, 6) is 1.06. The maximum Gasteiger partial charge on any atom is 0.243 e. The fourth-order valence-corrected chi connectivity index (χ4v) is 4.62. The molecule has 7 nitrogen and oxygen atoms in total. The summed E-state index contributed by atoms with van der Waals surface area (Å²) in [6.07, 6.45) is 8.45. The van der Waals surface area contributed by atoms with Crippen LogP contribution in [0.15, 0.2) is 42.7 Å². The second-order valence-corrected chi connectivity index (χ2v) is 8.56. The number of pyridine rings is 1. The zero-order valence-corrected chi connectivity index (χ0v) is 18.2. The summed E-state index contributed by atoms with van der Waals surface area (Å²) in [5.41, 5.74) is 4.66. The van der Waals surface area contributed by atoms with E-state index in [0.29, 0.717) is 30.5 Å². The SMILES string of the molecule is O=CCN1CCC(c2ccc(-c3cc4nccnc4c(O[C@@H]4CCCOC4)n3)cc2)CC1. The summed E-state index contributed by atoms with van der Waals surface area (Å²) in [7, 11) is 0. The summed E-state index contributed by atoms with van der Waals surface area (Å²) >= 11 is 0. The molecule has 2 aromatic heterocycles. The van der Waals surface area contributed by atoms with E-state index in [1.165, 1.54) is 5.56 Å². The number of hydrogen-bond donors (Lipinski definition) is 0. The Morgan fingerprint density at radius 3 is 2.66 bits per heavy atom. The highest BCUT2D eigenvalue weighted by Crippen LogP contribution is 2.32. The van der Waals surface area contributed by atoms with Gasteiger partial charge in [0.2, 0.25) is 5.88 Å². The van der Waals surface area contributed by atoms with Crippen molar-refractivity contribution in [2.75, 3.05) is 32.8 Å². The monoisotopic (exact) mass is 432 g/mol. The van der Waals surface area contributed by atoms with Crippen LogP contribution in [-0.4, -0.2) is 65.1 Å². The van der Waals surface area contributed by atoms with Crippen molar-refractivity contribution in [3.63, 3.8) is 0 Å². The fourth-order valence-electron chi connectivity index (χ4n) is 4.62. The van der Waals surface area contributed by atoms with Crippen LogP contribution in [-0.2, 0) is 9.53 Å². The predicted molar refractivity (Wildman–Crippen MR) is 122 cm³/mol. The lowest BCUT2D eigenvalue weighted by molar-refractivity contribution is -0.109. The molecule has 0 saturated carbocycles. The van der Waals surface area contributed by atoms with Gasteiger partial charge in [0.1, 0.15) is 12.4 Å². The number of fused-ring (bicyclic) bond motifs is 1. The van der Waals surface area contributed by atoms with E-state index in [4.69, 9.17) is 14.5 Å². The van der Waals surface area contributed by atoms with E-state index < -0.39 is 0 Å². The van der Waals surface area contributed by atoms with E-state index in [9.17, 15) is 4.79 Å². The molecule has 32 heavy (non-hydrogen) atoms. The summed E-state index contributed by atoms with van der Waals surface area (Å²) in [6.45, 7) is 3.85. The molecule has 1 atom stereocenters. The van der Waals surface area contributed by atoms with Crippen LogP contribution < -0.4 is 4.74 Å². The Hall–Kier alpha value is -2.90. The number of carbonyl (C=O) groups excluding carboxylic acids is 1. The highest BCUT2D eigenvalue weighted by molar-refractivity contribution is 5.83. The van der Waals surface area contributed by atoms with Crippen molar-refractivity contribution < 1.29 is 14.3 Å². The molecule has 5 rings (SSSR count). The summed E-state index contributed by atoms with van der Waals surface area (Å²) in [5, 5.41) is 0. The highest BCUT2D eigenvalue weighted by atomic mass is 16.5. The van der Waals surface area contributed by atoms with Gasteiger partial charge in [0.05, 0.1) is 24.4 Å². The molecule has 4 heterocycles. The summed E-state index contributed by atoms with van der Waals surface area (Å²) in [4.78, 5) is 26.7. The standard InChI is InChI=1S/C25H28N4O3/c30-14-13-29-11-7-19(8-12-29)18-3-5-20(6-4-18)22-16-23-24(27-10-9-26-23)25(28-22)32-21-2-1-15-31-17-21/h3-6,9-10,14,16,19,21H,1-2,7-8,11-13,15,17H2/t21-/m1/s1. The van der Waals surface area contributed by atoms with Gasteiger partial charge in [-0.25, -0.2) is 9.97 Å². The Kier molecular flexibility index (Phi) is 6.36. The first-order valence-electron chi connectivity index (χ1n) is 11.4. The molecular formula is C25H28N4O3. The van der Waals surface area contributed by atoms with Crippen molar-refractivity contribution in [3.8, 4) is 17.1 Å². The van der Waals surface area contributed by atoms with Crippen LogP contribution in [0.25, 0.3) is 22.3 Å². The first kappa shape index (κ1) is 21.0. The second kappa shape index (κ2) is 9.71. The van der Waals surface area contributed by atoms with Crippen LogP contribution >= 0.6 is 0 Å². The maximum atomic E-state index is 10.7. The van der Waals surface area contributed by atoms with Gasteiger partial charge in [0, 0.05) is 24.6 Å². The molecule has 1 aromatic carbocycles. The van der Waals surface area contributed by atoms with Crippen molar-refractivity contribution in [2.45, 2.75) is 37.7 Å². The molecule has 0 spiro atoms. The Balaban J connectivity index is 1.37. The molecule has 0 amide bonds. The number of hydrogen-bond acceptors (Lipinski definition) is 7. The number of nitrogens with zero attached hydrogens (tertiary/aromatic N) is 4. The highest BCUT2D eigenvalue weighted by Gasteiger charge is 2.21. The third kappa shape index (κ3) is 4.64. The van der Waals surface area contributed by atoms with E-state index in [-0.39, 0.29) is 6.10 Å². The van der Waals surface area contributed by atoms with Gasteiger partial charge < -0.3 is 14.3 Å². The fraction of sp³-hybridized carbons (Fsp3) is 0.440. The average Bonchev–Trinajstić information content (AvgIpc) is 2.85. The molecule has 2 saturated heterocycles. The van der Waals surface area contributed by atoms with Gasteiger partial charge in [-0.2, -0.15) is 0 Å². The van der Waals surface area contributed by atoms with E-state index in [2.05, 4.69) is 39.1 Å². The Labute approximate surface area is 187 Å². The number of aromatic nitrogens is 3. The molecule has 0 bridgehead atoms. The van der Waals surface area contributed by atoms with Crippen LogP contribution in [0, 0.1) is 0 Å². The zero-order chi connectivity index (χ0) is 21.8. The number of piperidine rings is 1. The lowest BCUT2D eigenvalue weighted by atomic mass is 9.89. The van der Waals surface area contributed by atoms with Crippen molar-refractivity contribution >= 4 is 17.3 Å². The van der Waals surface area contributed by atoms with Gasteiger partial charge in [-0.15, -0.1) is 0 Å². The number of carbonyl (C=O) groups is 1. The molecule has 166 valence electrons. The first-order valence-corrected chi connectivity index (χ1v) is 11.4. The Bertz CT molecular complexity index is 1060. The van der Waals surface area contributed by atoms with Crippen molar-refractivity contribution in [1.29, 1.82) is 0 Å². The minimum atomic E-state index is -0.0100. The zero-order valence-electron chi connectivity index (χ0n) is 18.2. The van der Waals surface area contributed by atoms with Crippen molar-refractivity contribution in [1.82, 2.24) is 19.9 Å². The van der Waals surface area contributed by atoms with Gasteiger partial charge in [0.15, 0.2) is 5.52 Å². The molecule has 2 fully saturated rings. The number of aldehydes is 1. The normalized spacial score (nSPS) is 20.3. The maximum absolute atomic E-state index is 10.7. The first-order chi connectivity index (χ1) is 15.8. The number of rotatable bonds is 6. The number of likely N-dealkylation sites (tertiary alicyclic amines) is 1. The third-order valence-corrected chi connectivity index (χ3v) is 6.42. The lowest BCUT2D eigenvalue weighted by Crippen LogP contribution is -2.34. The molecule has 2 aliphatic rings. The van der Waals surface area contributed by atoms with Crippen LogP contribution in [0.1, 0.15) is 37.2 Å². The van der Waals surface area contributed by atoms with E-state index in [1.54, 1.807) is 12.4 Å². The minimum Gasteiger partial charge on any atom is -0.470 e.